The first kappa shape index (κ1) is 11.0. The monoisotopic (exact) mass is 240 g/mol. The molecule has 2 aromatic rings. The van der Waals surface area contributed by atoms with Crippen LogP contribution < -0.4 is 4.74 Å². The maximum atomic E-state index is 13.4. The third-order valence-electron chi connectivity index (χ3n) is 2.30. The number of hydrogen-bond donors (Lipinski definition) is 0. The van der Waals surface area contributed by atoms with Crippen LogP contribution in [0.5, 0.6) is 5.75 Å². The fraction of sp³-hybridized carbons (Fsp3) is 0.167. The quantitative estimate of drug-likeness (QED) is 0.763. The van der Waals surface area contributed by atoms with Gasteiger partial charge in [-0.25, -0.2) is 4.39 Å². The maximum absolute atomic E-state index is 13.4. The van der Waals surface area contributed by atoms with Crippen molar-refractivity contribution in [3.8, 4) is 5.75 Å². The smallest absolute Gasteiger partial charge is 0.165 e. The number of rotatable bonds is 3. The van der Waals surface area contributed by atoms with Gasteiger partial charge in [-0.15, -0.1) is 11.6 Å². The first-order valence-electron chi connectivity index (χ1n) is 4.72. The molecule has 1 atom stereocenters. The van der Waals surface area contributed by atoms with E-state index in [1.54, 1.807) is 24.5 Å². The average Bonchev–Trinajstić information content (AvgIpc) is 2.81. The van der Waals surface area contributed by atoms with Crippen LogP contribution in [0.3, 0.4) is 0 Å². The van der Waals surface area contributed by atoms with Gasteiger partial charge in [0.1, 0.15) is 0 Å². The molecule has 1 aromatic carbocycles. The van der Waals surface area contributed by atoms with E-state index in [4.69, 9.17) is 20.8 Å². The second-order valence-corrected chi connectivity index (χ2v) is 3.75. The fourth-order valence-electron chi connectivity index (χ4n) is 1.45. The van der Waals surface area contributed by atoms with Gasteiger partial charge in [0.25, 0.3) is 0 Å². The summed E-state index contributed by atoms with van der Waals surface area (Å²) in [6, 6.07) is 6.40. The van der Waals surface area contributed by atoms with E-state index in [2.05, 4.69) is 0 Å². The summed E-state index contributed by atoms with van der Waals surface area (Å²) < 4.78 is 23.2. The van der Waals surface area contributed by atoms with Crippen LogP contribution in [0.2, 0.25) is 0 Å². The van der Waals surface area contributed by atoms with Crippen LogP contribution in [0, 0.1) is 5.82 Å². The van der Waals surface area contributed by atoms with Crippen molar-refractivity contribution in [2.75, 3.05) is 7.11 Å². The second kappa shape index (κ2) is 4.58. The van der Waals surface area contributed by atoms with Crippen LogP contribution in [0.1, 0.15) is 16.5 Å². The normalized spacial score (nSPS) is 12.4. The maximum Gasteiger partial charge on any atom is 0.165 e. The highest BCUT2D eigenvalue weighted by molar-refractivity contribution is 6.22. The number of hydrogen-bond acceptors (Lipinski definition) is 2. The molecular formula is C12H10ClFO2. The number of furan rings is 1. The molecule has 1 aromatic heterocycles. The highest BCUT2D eigenvalue weighted by atomic mass is 35.5. The van der Waals surface area contributed by atoms with E-state index in [1.165, 1.54) is 19.4 Å². The molecule has 0 spiro atoms. The topological polar surface area (TPSA) is 22.4 Å². The van der Waals surface area contributed by atoms with Gasteiger partial charge in [0.2, 0.25) is 0 Å². The third-order valence-corrected chi connectivity index (χ3v) is 2.81. The third kappa shape index (κ3) is 2.04. The van der Waals surface area contributed by atoms with Crippen molar-refractivity contribution in [1.82, 2.24) is 0 Å². The molecule has 16 heavy (non-hydrogen) atoms. The molecule has 4 heteroatoms. The van der Waals surface area contributed by atoms with Gasteiger partial charge >= 0.3 is 0 Å². The van der Waals surface area contributed by atoms with E-state index >= 15 is 0 Å². The van der Waals surface area contributed by atoms with Crippen LogP contribution in [0.4, 0.5) is 4.39 Å². The largest absolute Gasteiger partial charge is 0.494 e. The minimum Gasteiger partial charge on any atom is -0.494 e. The molecular weight excluding hydrogens is 231 g/mol. The van der Waals surface area contributed by atoms with E-state index in [9.17, 15) is 4.39 Å². The second-order valence-electron chi connectivity index (χ2n) is 3.31. The predicted octanol–water partition coefficient (Wildman–Crippen LogP) is 3.76. The zero-order chi connectivity index (χ0) is 11.5. The van der Waals surface area contributed by atoms with Crippen molar-refractivity contribution in [1.29, 1.82) is 0 Å². The highest BCUT2D eigenvalue weighted by Crippen LogP contribution is 2.31. The van der Waals surface area contributed by atoms with Crippen LogP contribution in [-0.4, -0.2) is 7.11 Å². The summed E-state index contributed by atoms with van der Waals surface area (Å²) in [5, 5.41) is -0.417. The highest BCUT2D eigenvalue weighted by Gasteiger charge is 2.14. The van der Waals surface area contributed by atoms with Crippen molar-refractivity contribution >= 4 is 11.6 Å². The van der Waals surface area contributed by atoms with E-state index in [0.717, 1.165) is 5.56 Å². The Balaban J connectivity index is 2.31. The van der Waals surface area contributed by atoms with E-state index in [1.807, 2.05) is 0 Å². The Morgan fingerprint density at radius 1 is 1.31 bits per heavy atom. The molecule has 2 nitrogen and oxygen atoms in total. The molecule has 2 rings (SSSR count). The molecule has 1 heterocycles. The molecule has 0 aliphatic carbocycles. The summed E-state index contributed by atoms with van der Waals surface area (Å²) in [5.74, 6) is -0.214. The molecule has 0 saturated carbocycles. The summed E-state index contributed by atoms with van der Waals surface area (Å²) in [4.78, 5) is 0. The van der Waals surface area contributed by atoms with Crippen molar-refractivity contribution in [2.45, 2.75) is 5.38 Å². The average molecular weight is 241 g/mol. The minimum atomic E-state index is -0.422. The molecule has 0 radical (unpaired) electrons. The molecule has 1 unspecified atom stereocenters. The van der Waals surface area contributed by atoms with Gasteiger partial charge in [-0.3, -0.25) is 0 Å². The molecule has 84 valence electrons. The Labute approximate surface area is 97.6 Å². The van der Waals surface area contributed by atoms with Crippen LogP contribution >= 0.6 is 11.6 Å². The van der Waals surface area contributed by atoms with Gasteiger partial charge in [-0.2, -0.15) is 0 Å². The summed E-state index contributed by atoms with van der Waals surface area (Å²) >= 11 is 6.17. The lowest BCUT2D eigenvalue weighted by atomic mass is 10.1. The Hall–Kier alpha value is -1.48. The summed E-state index contributed by atoms with van der Waals surface area (Å²) in [7, 11) is 1.42. The van der Waals surface area contributed by atoms with E-state index in [-0.39, 0.29) is 5.75 Å². The molecule has 0 aliphatic heterocycles. The van der Waals surface area contributed by atoms with Crippen molar-refractivity contribution in [2.24, 2.45) is 0 Å². The molecule has 0 aliphatic rings. The molecule has 0 fully saturated rings. The van der Waals surface area contributed by atoms with Gasteiger partial charge < -0.3 is 9.15 Å². The predicted molar refractivity (Wildman–Crippen MR) is 59.4 cm³/mol. The van der Waals surface area contributed by atoms with Crippen LogP contribution in [0.25, 0.3) is 0 Å². The van der Waals surface area contributed by atoms with Gasteiger partial charge in [-0.1, -0.05) is 6.07 Å². The van der Waals surface area contributed by atoms with Crippen molar-refractivity contribution in [3.05, 3.63) is 53.7 Å². The first-order valence-corrected chi connectivity index (χ1v) is 5.15. The standard InChI is InChI=1S/C12H10ClFO2/c1-15-11-3-2-8(6-10(11)14)12(13)9-4-5-16-7-9/h2-7,12H,1H3. The Morgan fingerprint density at radius 2 is 2.12 bits per heavy atom. The summed E-state index contributed by atoms with van der Waals surface area (Å²) in [5.41, 5.74) is 1.47. The van der Waals surface area contributed by atoms with Crippen molar-refractivity contribution in [3.63, 3.8) is 0 Å². The first-order chi connectivity index (χ1) is 7.72. The van der Waals surface area contributed by atoms with Gasteiger partial charge in [-0.05, 0) is 23.8 Å². The zero-order valence-corrected chi connectivity index (χ0v) is 9.37. The SMILES string of the molecule is COc1ccc(C(Cl)c2ccoc2)cc1F. The molecule has 0 saturated heterocycles. The number of benzene rings is 1. The zero-order valence-electron chi connectivity index (χ0n) is 8.61. The summed E-state index contributed by atoms with van der Waals surface area (Å²) in [6.45, 7) is 0. The van der Waals surface area contributed by atoms with Gasteiger partial charge in [0.15, 0.2) is 11.6 Å². The van der Waals surface area contributed by atoms with E-state index < -0.39 is 11.2 Å². The number of ether oxygens (including phenoxy) is 1. The lowest BCUT2D eigenvalue weighted by molar-refractivity contribution is 0.386. The Kier molecular flexibility index (Phi) is 3.15. The Morgan fingerprint density at radius 3 is 2.69 bits per heavy atom. The lowest BCUT2D eigenvalue weighted by Gasteiger charge is -2.09. The number of alkyl halides is 1. The summed E-state index contributed by atoms with van der Waals surface area (Å²) in [6.07, 6.45) is 3.07. The fourth-order valence-corrected chi connectivity index (χ4v) is 1.71. The van der Waals surface area contributed by atoms with Crippen LogP contribution in [0.15, 0.2) is 41.2 Å². The minimum absolute atomic E-state index is 0.208. The van der Waals surface area contributed by atoms with Crippen LogP contribution in [-0.2, 0) is 0 Å². The molecule has 0 bridgehead atoms. The lowest BCUT2D eigenvalue weighted by Crippen LogP contribution is -1.94. The van der Waals surface area contributed by atoms with E-state index in [0.29, 0.717) is 5.56 Å². The molecule has 0 N–H and O–H groups in total. The number of methoxy groups -OCH3 is 1. The number of halogens is 2. The van der Waals surface area contributed by atoms with Crippen molar-refractivity contribution < 1.29 is 13.5 Å². The molecule has 0 amide bonds. The van der Waals surface area contributed by atoms with Gasteiger partial charge in [0, 0.05) is 5.56 Å². The van der Waals surface area contributed by atoms with Gasteiger partial charge in [0.05, 0.1) is 25.0 Å². The Bertz CT molecular complexity index is 468.